The summed E-state index contributed by atoms with van der Waals surface area (Å²) < 4.78 is 1.85. The van der Waals surface area contributed by atoms with Crippen LogP contribution in [0.5, 0.6) is 0 Å². The van der Waals surface area contributed by atoms with Gasteiger partial charge in [0.05, 0.1) is 50.3 Å². The molecule has 2 aromatic rings. The molecule has 0 spiro atoms. The number of hydrogen-bond donors (Lipinski definition) is 2. The summed E-state index contributed by atoms with van der Waals surface area (Å²) in [6, 6.07) is 8.16. The quantitative estimate of drug-likeness (QED) is 0.822. The normalized spacial score (nSPS) is 11.0. The van der Waals surface area contributed by atoms with Crippen molar-refractivity contribution in [1.29, 1.82) is 0 Å². The van der Waals surface area contributed by atoms with E-state index in [4.69, 9.17) is 0 Å². The van der Waals surface area contributed by atoms with Gasteiger partial charge in [-0.2, -0.15) is 5.10 Å². The molecule has 1 amide bonds. The molecular weight excluding hydrogens is 276 g/mol. The topological polar surface area (TPSA) is 51.4 Å². The highest BCUT2D eigenvalue weighted by atomic mass is 16.1. The van der Waals surface area contributed by atoms with E-state index in [1.54, 1.807) is 6.20 Å². The third-order valence-corrected chi connectivity index (χ3v) is 3.64. The van der Waals surface area contributed by atoms with Crippen LogP contribution in [0.2, 0.25) is 0 Å². The second kappa shape index (κ2) is 7.22. The molecule has 0 aliphatic heterocycles. The van der Waals surface area contributed by atoms with Crippen molar-refractivity contribution in [2.24, 2.45) is 0 Å². The molecule has 22 heavy (non-hydrogen) atoms. The lowest BCUT2D eigenvalue weighted by molar-refractivity contribution is -0.856. The van der Waals surface area contributed by atoms with Gasteiger partial charge >= 0.3 is 0 Å². The highest BCUT2D eigenvalue weighted by Gasteiger charge is 2.17. The van der Waals surface area contributed by atoms with E-state index in [0.29, 0.717) is 12.1 Å². The molecule has 0 radical (unpaired) electrons. The van der Waals surface area contributed by atoms with Crippen LogP contribution in [-0.4, -0.2) is 42.9 Å². The number of likely N-dealkylation sites (N-methyl/N-ethyl adjacent to an activating group) is 1. The van der Waals surface area contributed by atoms with Crippen LogP contribution < -0.4 is 10.2 Å². The van der Waals surface area contributed by atoms with Gasteiger partial charge in [0, 0.05) is 0 Å². The second-order valence-corrected chi connectivity index (χ2v) is 5.82. The third kappa shape index (κ3) is 3.74. The summed E-state index contributed by atoms with van der Waals surface area (Å²) in [5.41, 5.74) is 3.80. The standard InChI is InChI=1S/C17H24N4O/c1-5-16-15(17(22)18-10-11-20(3)4)12-19-21(16)14-8-6-13(2)7-9-14/h6-9,12H,5,10-11H2,1-4H3,(H,18,22)/p+1. The minimum atomic E-state index is -0.0449. The van der Waals surface area contributed by atoms with Crippen LogP contribution in [-0.2, 0) is 6.42 Å². The SMILES string of the molecule is CCc1c(C(=O)NCC[NH+](C)C)cnn1-c1ccc(C)cc1. The van der Waals surface area contributed by atoms with Gasteiger partial charge in [-0.3, -0.25) is 4.79 Å². The number of carbonyl (C=O) groups excluding carboxylic acids is 1. The maximum Gasteiger partial charge on any atom is 0.254 e. The molecule has 1 aromatic carbocycles. The Bertz CT molecular complexity index is 629. The van der Waals surface area contributed by atoms with E-state index in [1.807, 2.05) is 23.7 Å². The summed E-state index contributed by atoms with van der Waals surface area (Å²) in [5, 5.41) is 7.37. The minimum absolute atomic E-state index is 0.0449. The predicted octanol–water partition coefficient (Wildman–Crippen LogP) is 0.617. The molecule has 0 atom stereocenters. The molecule has 5 heteroatoms. The number of quaternary nitrogens is 1. The van der Waals surface area contributed by atoms with Gasteiger partial charge in [-0.15, -0.1) is 0 Å². The maximum atomic E-state index is 12.3. The number of hydrogen-bond acceptors (Lipinski definition) is 2. The zero-order valence-corrected chi connectivity index (χ0v) is 13.8. The second-order valence-electron chi connectivity index (χ2n) is 5.82. The molecule has 0 aliphatic carbocycles. The third-order valence-electron chi connectivity index (χ3n) is 3.64. The highest BCUT2D eigenvalue weighted by molar-refractivity contribution is 5.95. The van der Waals surface area contributed by atoms with Crippen molar-refractivity contribution < 1.29 is 9.69 Å². The lowest BCUT2D eigenvalue weighted by Gasteiger charge is -2.10. The Kier molecular flexibility index (Phi) is 5.33. The predicted molar refractivity (Wildman–Crippen MR) is 87.7 cm³/mol. The van der Waals surface area contributed by atoms with E-state index in [1.165, 1.54) is 10.5 Å². The molecule has 1 heterocycles. The first-order valence-electron chi connectivity index (χ1n) is 7.74. The van der Waals surface area contributed by atoms with Crippen LogP contribution >= 0.6 is 0 Å². The van der Waals surface area contributed by atoms with Crippen molar-refractivity contribution in [1.82, 2.24) is 15.1 Å². The number of aromatic nitrogens is 2. The number of benzene rings is 1. The highest BCUT2D eigenvalue weighted by Crippen LogP contribution is 2.16. The number of nitrogens with zero attached hydrogens (tertiary/aromatic N) is 2. The van der Waals surface area contributed by atoms with Crippen LogP contribution in [0, 0.1) is 6.92 Å². The Morgan fingerprint density at radius 2 is 1.95 bits per heavy atom. The van der Waals surface area contributed by atoms with Crippen molar-refractivity contribution in [3.63, 3.8) is 0 Å². The Balaban J connectivity index is 2.20. The van der Waals surface area contributed by atoms with E-state index in [0.717, 1.165) is 24.3 Å². The molecule has 0 aliphatic rings. The molecule has 2 N–H and O–H groups in total. The van der Waals surface area contributed by atoms with Crippen LogP contribution in [0.1, 0.15) is 28.5 Å². The summed E-state index contributed by atoms with van der Waals surface area (Å²) in [6.45, 7) is 5.67. The van der Waals surface area contributed by atoms with Gasteiger partial charge < -0.3 is 10.2 Å². The number of carbonyl (C=O) groups is 1. The molecule has 2 rings (SSSR count). The molecule has 0 fully saturated rings. The number of nitrogens with one attached hydrogen (secondary N) is 2. The largest absolute Gasteiger partial charge is 0.346 e. The lowest BCUT2D eigenvalue weighted by atomic mass is 10.1. The molecule has 0 unspecified atom stereocenters. The van der Waals surface area contributed by atoms with E-state index < -0.39 is 0 Å². The number of aryl methyl sites for hydroxylation is 1. The summed E-state index contributed by atoms with van der Waals surface area (Å²) >= 11 is 0. The first kappa shape index (κ1) is 16.2. The Morgan fingerprint density at radius 3 is 2.55 bits per heavy atom. The minimum Gasteiger partial charge on any atom is -0.346 e. The Hall–Kier alpha value is -2.14. The monoisotopic (exact) mass is 301 g/mol. The first-order valence-corrected chi connectivity index (χ1v) is 7.74. The summed E-state index contributed by atoms with van der Waals surface area (Å²) in [7, 11) is 4.14. The van der Waals surface area contributed by atoms with Gasteiger partial charge in [-0.1, -0.05) is 24.6 Å². The maximum absolute atomic E-state index is 12.3. The number of amides is 1. The zero-order chi connectivity index (χ0) is 16.1. The fraction of sp³-hybridized carbons (Fsp3) is 0.412. The fourth-order valence-corrected chi connectivity index (χ4v) is 2.33. The van der Waals surface area contributed by atoms with Gasteiger partial charge in [0.25, 0.3) is 5.91 Å². The van der Waals surface area contributed by atoms with Gasteiger partial charge in [0.1, 0.15) is 0 Å². The lowest BCUT2D eigenvalue weighted by Crippen LogP contribution is -3.06. The zero-order valence-electron chi connectivity index (χ0n) is 13.8. The smallest absolute Gasteiger partial charge is 0.254 e. The van der Waals surface area contributed by atoms with Gasteiger partial charge in [-0.05, 0) is 25.5 Å². The summed E-state index contributed by atoms with van der Waals surface area (Å²) in [5.74, 6) is -0.0449. The van der Waals surface area contributed by atoms with Crippen molar-refractivity contribution in [3.05, 3.63) is 47.3 Å². The fourth-order valence-electron chi connectivity index (χ4n) is 2.33. The van der Waals surface area contributed by atoms with Gasteiger partial charge in [0.2, 0.25) is 0 Å². The summed E-state index contributed by atoms with van der Waals surface area (Å²) in [4.78, 5) is 13.6. The average molecular weight is 301 g/mol. The van der Waals surface area contributed by atoms with Crippen LogP contribution in [0.15, 0.2) is 30.5 Å². The van der Waals surface area contributed by atoms with Crippen LogP contribution in [0.4, 0.5) is 0 Å². The van der Waals surface area contributed by atoms with Crippen LogP contribution in [0.25, 0.3) is 5.69 Å². The molecule has 5 nitrogen and oxygen atoms in total. The molecule has 0 saturated heterocycles. The number of rotatable bonds is 6. The molecule has 0 saturated carbocycles. The van der Waals surface area contributed by atoms with E-state index in [9.17, 15) is 4.79 Å². The van der Waals surface area contributed by atoms with Crippen LogP contribution in [0.3, 0.4) is 0 Å². The Labute approximate surface area is 131 Å². The van der Waals surface area contributed by atoms with E-state index >= 15 is 0 Å². The first-order chi connectivity index (χ1) is 10.5. The molecule has 0 bridgehead atoms. The van der Waals surface area contributed by atoms with E-state index in [2.05, 4.69) is 43.6 Å². The summed E-state index contributed by atoms with van der Waals surface area (Å²) in [6.07, 6.45) is 2.42. The van der Waals surface area contributed by atoms with Gasteiger partial charge in [0.15, 0.2) is 0 Å². The molecule has 118 valence electrons. The van der Waals surface area contributed by atoms with E-state index in [-0.39, 0.29) is 5.91 Å². The molecule has 1 aromatic heterocycles. The van der Waals surface area contributed by atoms with Crippen molar-refractivity contribution >= 4 is 5.91 Å². The van der Waals surface area contributed by atoms with Crippen molar-refractivity contribution in [3.8, 4) is 5.69 Å². The molecular formula is C17H25N4O+. The Morgan fingerprint density at radius 1 is 1.27 bits per heavy atom. The van der Waals surface area contributed by atoms with Crippen molar-refractivity contribution in [2.45, 2.75) is 20.3 Å². The van der Waals surface area contributed by atoms with Crippen molar-refractivity contribution in [2.75, 3.05) is 27.2 Å². The van der Waals surface area contributed by atoms with Gasteiger partial charge in [-0.25, -0.2) is 4.68 Å². The average Bonchev–Trinajstić information content (AvgIpc) is 2.91.